The molecule has 0 spiro atoms. The first-order valence-electron chi connectivity index (χ1n) is 8.36. The standard InChI is InChI=1S/C18H23N2O5P/c1-4-24-26(23,25-5-2)18(15-9-7-6-8-10-15)19-17-12-11-16(20(21)22)13-14(17)3/h6-13,18-19H,4-5H2,1-3H3. The maximum atomic E-state index is 13.4. The summed E-state index contributed by atoms with van der Waals surface area (Å²) in [5, 5.41) is 14.1. The van der Waals surface area contributed by atoms with Gasteiger partial charge in [-0.3, -0.25) is 14.7 Å². The molecule has 0 saturated carbocycles. The monoisotopic (exact) mass is 378 g/mol. The maximum absolute atomic E-state index is 13.4. The summed E-state index contributed by atoms with van der Waals surface area (Å²) < 4.78 is 24.4. The minimum atomic E-state index is -3.51. The molecule has 0 heterocycles. The second-order valence-corrected chi connectivity index (χ2v) is 7.70. The van der Waals surface area contributed by atoms with Crippen molar-refractivity contribution in [1.29, 1.82) is 0 Å². The summed E-state index contributed by atoms with van der Waals surface area (Å²) in [5.41, 5.74) is 2.04. The van der Waals surface area contributed by atoms with E-state index >= 15 is 0 Å². The Morgan fingerprint density at radius 2 is 1.73 bits per heavy atom. The van der Waals surface area contributed by atoms with E-state index in [-0.39, 0.29) is 18.9 Å². The van der Waals surface area contributed by atoms with Gasteiger partial charge in [-0.15, -0.1) is 0 Å². The van der Waals surface area contributed by atoms with E-state index in [4.69, 9.17) is 9.05 Å². The molecule has 0 amide bonds. The number of hydrogen-bond donors (Lipinski definition) is 1. The van der Waals surface area contributed by atoms with Crippen LogP contribution in [0, 0.1) is 17.0 Å². The van der Waals surface area contributed by atoms with Crippen LogP contribution in [0.5, 0.6) is 0 Å². The van der Waals surface area contributed by atoms with E-state index in [1.807, 2.05) is 30.3 Å². The highest BCUT2D eigenvalue weighted by atomic mass is 31.2. The van der Waals surface area contributed by atoms with Crippen molar-refractivity contribution in [2.24, 2.45) is 0 Å². The van der Waals surface area contributed by atoms with Crippen LogP contribution in [0.25, 0.3) is 0 Å². The molecule has 0 saturated heterocycles. The lowest BCUT2D eigenvalue weighted by Gasteiger charge is -2.28. The fourth-order valence-corrected chi connectivity index (χ4v) is 4.52. The number of nitrogens with zero attached hydrogens (tertiary/aromatic N) is 1. The molecule has 0 aliphatic rings. The second kappa shape index (κ2) is 8.94. The number of nitro benzene ring substituents is 1. The summed E-state index contributed by atoms with van der Waals surface area (Å²) in [7, 11) is -3.51. The van der Waals surface area contributed by atoms with Gasteiger partial charge in [0, 0.05) is 17.8 Å². The molecule has 0 aromatic heterocycles. The fraction of sp³-hybridized carbons (Fsp3) is 0.333. The van der Waals surface area contributed by atoms with E-state index in [9.17, 15) is 14.7 Å². The van der Waals surface area contributed by atoms with Gasteiger partial charge in [-0.25, -0.2) is 0 Å². The van der Waals surface area contributed by atoms with Gasteiger partial charge in [-0.1, -0.05) is 30.3 Å². The topological polar surface area (TPSA) is 90.7 Å². The Morgan fingerprint density at radius 3 is 2.23 bits per heavy atom. The lowest BCUT2D eigenvalue weighted by atomic mass is 10.1. The van der Waals surface area contributed by atoms with Crippen LogP contribution >= 0.6 is 7.60 Å². The highest BCUT2D eigenvalue weighted by Crippen LogP contribution is 2.60. The van der Waals surface area contributed by atoms with Crippen LogP contribution in [0.1, 0.15) is 30.8 Å². The highest BCUT2D eigenvalue weighted by Gasteiger charge is 2.37. The SMILES string of the molecule is CCOP(=O)(OCC)C(Nc1ccc([N+](=O)[O-])cc1C)c1ccccc1. The largest absolute Gasteiger partial charge is 0.368 e. The predicted octanol–water partition coefficient (Wildman–Crippen LogP) is 5.28. The molecular weight excluding hydrogens is 355 g/mol. The lowest BCUT2D eigenvalue weighted by Crippen LogP contribution is -2.16. The van der Waals surface area contributed by atoms with Crippen molar-refractivity contribution in [3.05, 3.63) is 69.8 Å². The highest BCUT2D eigenvalue weighted by molar-refractivity contribution is 7.54. The first kappa shape index (κ1) is 20.1. The second-order valence-electron chi connectivity index (χ2n) is 5.59. The lowest BCUT2D eigenvalue weighted by molar-refractivity contribution is -0.384. The van der Waals surface area contributed by atoms with Crippen molar-refractivity contribution in [1.82, 2.24) is 0 Å². The minimum Gasteiger partial charge on any atom is -0.368 e. The summed E-state index contributed by atoms with van der Waals surface area (Å²) in [4.78, 5) is 10.5. The van der Waals surface area contributed by atoms with Crippen LogP contribution in [0.15, 0.2) is 48.5 Å². The molecule has 0 fully saturated rings. The molecule has 0 aliphatic heterocycles. The Bertz CT molecular complexity index is 787. The van der Waals surface area contributed by atoms with Crippen molar-refractivity contribution >= 4 is 19.0 Å². The first-order valence-corrected chi connectivity index (χ1v) is 9.97. The van der Waals surface area contributed by atoms with Crippen molar-refractivity contribution in [2.75, 3.05) is 18.5 Å². The number of rotatable bonds is 9. The fourth-order valence-electron chi connectivity index (χ4n) is 2.60. The number of aryl methyl sites for hydroxylation is 1. The van der Waals surface area contributed by atoms with Gasteiger partial charge in [-0.2, -0.15) is 0 Å². The van der Waals surface area contributed by atoms with Crippen LogP contribution in [0.4, 0.5) is 11.4 Å². The van der Waals surface area contributed by atoms with Gasteiger partial charge in [0.05, 0.1) is 18.1 Å². The summed E-state index contributed by atoms with van der Waals surface area (Å²) in [6, 6.07) is 13.7. The van der Waals surface area contributed by atoms with Crippen LogP contribution in [0.3, 0.4) is 0 Å². The van der Waals surface area contributed by atoms with E-state index in [2.05, 4.69) is 5.32 Å². The number of hydrogen-bond acceptors (Lipinski definition) is 6. The van der Waals surface area contributed by atoms with Gasteiger partial charge in [0.2, 0.25) is 0 Å². The van der Waals surface area contributed by atoms with Gasteiger partial charge in [0.1, 0.15) is 0 Å². The van der Waals surface area contributed by atoms with Crippen LogP contribution in [-0.2, 0) is 13.6 Å². The van der Waals surface area contributed by atoms with Crippen molar-refractivity contribution in [3.63, 3.8) is 0 Å². The zero-order chi connectivity index (χ0) is 19.2. The Morgan fingerprint density at radius 1 is 1.12 bits per heavy atom. The number of nitro groups is 1. The molecule has 0 bridgehead atoms. The summed E-state index contributed by atoms with van der Waals surface area (Å²) in [6.45, 7) is 5.74. The molecular formula is C18H23N2O5P. The van der Waals surface area contributed by atoms with Gasteiger partial charge >= 0.3 is 7.60 Å². The first-order chi connectivity index (χ1) is 12.4. The number of anilines is 1. The smallest absolute Gasteiger partial charge is 0.357 e. The molecule has 140 valence electrons. The summed E-state index contributed by atoms with van der Waals surface area (Å²) in [6.07, 6.45) is 0. The van der Waals surface area contributed by atoms with Crippen LogP contribution < -0.4 is 5.32 Å². The summed E-state index contributed by atoms with van der Waals surface area (Å²) in [5.74, 6) is -0.733. The van der Waals surface area contributed by atoms with Gasteiger partial charge in [0.15, 0.2) is 5.78 Å². The molecule has 26 heavy (non-hydrogen) atoms. The van der Waals surface area contributed by atoms with Gasteiger partial charge in [0.25, 0.3) is 5.69 Å². The summed E-state index contributed by atoms with van der Waals surface area (Å²) >= 11 is 0. The van der Waals surface area contributed by atoms with Crippen LogP contribution in [0.2, 0.25) is 0 Å². The van der Waals surface area contributed by atoms with Crippen LogP contribution in [-0.4, -0.2) is 18.1 Å². The molecule has 2 aromatic rings. The van der Waals surface area contributed by atoms with E-state index in [1.165, 1.54) is 12.1 Å². The van der Waals surface area contributed by atoms with Crippen molar-refractivity contribution in [2.45, 2.75) is 26.6 Å². The molecule has 7 nitrogen and oxygen atoms in total. The van der Waals surface area contributed by atoms with Crippen molar-refractivity contribution < 1.29 is 18.5 Å². The van der Waals surface area contributed by atoms with E-state index in [0.29, 0.717) is 11.3 Å². The Kier molecular flexibility index (Phi) is 6.91. The Hall–Kier alpha value is -2.21. The van der Waals surface area contributed by atoms with Gasteiger partial charge < -0.3 is 14.4 Å². The van der Waals surface area contributed by atoms with E-state index in [0.717, 1.165) is 5.56 Å². The molecule has 2 rings (SSSR count). The molecule has 1 atom stereocenters. The molecule has 2 aromatic carbocycles. The van der Waals surface area contributed by atoms with Gasteiger partial charge in [-0.05, 0) is 38.0 Å². The molecule has 0 aliphatic carbocycles. The zero-order valence-corrected chi connectivity index (χ0v) is 15.9. The normalized spacial score (nSPS) is 12.6. The quantitative estimate of drug-likeness (QED) is 0.363. The molecule has 0 radical (unpaired) electrons. The van der Waals surface area contributed by atoms with E-state index < -0.39 is 18.3 Å². The predicted molar refractivity (Wildman–Crippen MR) is 101 cm³/mol. The third-order valence-corrected chi connectivity index (χ3v) is 6.06. The third-order valence-electron chi connectivity index (χ3n) is 3.76. The Labute approximate surface area is 153 Å². The zero-order valence-electron chi connectivity index (χ0n) is 15.0. The number of benzene rings is 2. The number of non-ortho nitro benzene ring substituents is 1. The molecule has 1 unspecified atom stereocenters. The Balaban J connectivity index is 2.45. The minimum absolute atomic E-state index is 0.00195. The third kappa shape index (κ3) is 4.69. The average Bonchev–Trinajstić information content (AvgIpc) is 2.61. The molecule has 1 N–H and O–H groups in total. The van der Waals surface area contributed by atoms with E-state index in [1.54, 1.807) is 26.8 Å². The maximum Gasteiger partial charge on any atom is 0.357 e. The molecule has 8 heteroatoms. The number of nitrogens with one attached hydrogen (secondary N) is 1. The van der Waals surface area contributed by atoms with Crippen molar-refractivity contribution in [3.8, 4) is 0 Å². The average molecular weight is 378 g/mol.